The van der Waals surface area contributed by atoms with Crippen LogP contribution in [-0.4, -0.2) is 72.7 Å². The largest absolute Gasteiger partial charge is 0.467 e. The fraction of sp³-hybridized carbons (Fsp3) is 0.810. The molecule has 1 rings (SSSR count). The molecule has 1 heterocycles. The first-order valence-electron chi connectivity index (χ1n) is 10.2. The van der Waals surface area contributed by atoms with E-state index in [1.54, 1.807) is 20.8 Å². The third-order valence-electron chi connectivity index (χ3n) is 5.41. The Morgan fingerprint density at radius 3 is 2.20 bits per heavy atom. The minimum atomic E-state index is -1.01. The summed E-state index contributed by atoms with van der Waals surface area (Å²) >= 11 is 0. The average molecular weight is 429 g/mol. The number of amides is 2. The molecule has 1 fully saturated rings. The first-order valence-corrected chi connectivity index (χ1v) is 10.2. The highest BCUT2D eigenvalue weighted by molar-refractivity contribution is 5.84. The fourth-order valence-electron chi connectivity index (χ4n) is 4.08. The van der Waals surface area contributed by atoms with Gasteiger partial charge in [0, 0.05) is 20.0 Å². The van der Waals surface area contributed by atoms with Crippen LogP contribution in [-0.2, 0) is 28.6 Å². The van der Waals surface area contributed by atoms with E-state index in [9.17, 15) is 19.2 Å². The van der Waals surface area contributed by atoms with Crippen molar-refractivity contribution in [3.05, 3.63) is 0 Å². The van der Waals surface area contributed by atoms with E-state index in [1.165, 1.54) is 26.0 Å². The summed E-state index contributed by atoms with van der Waals surface area (Å²) in [6, 6.07) is -2.61. The second-order valence-electron chi connectivity index (χ2n) is 8.90. The number of ether oxygens (including phenoxy) is 3. The molecule has 0 aromatic carbocycles. The molecule has 0 spiro atoms. The lowest BCUT2D eigenvalue weighted by molar-refractivity contribution is -0.147. The Labute approximate surface area is 178 Å². The molecule has 2 amide bonds. The van der Waals surface area contributed by atoms with Gasteiger partial charge in [0.1, 0.15) is 17.9 Å². The van der Waals surface area contributed by atoms with Crippen molar-refractivity contribution in [1.29, 1.82) is 0 Å². The monoisotopic (exact) mass is 428 g/mol. The Morgan fingerprint density at radius 2 is 1.80 bits per heavy atom. The summed E-state index contributed by atoms with van der Waals surface area (Å²) in [6.07, 6.45) is 1.33. The third-order valence-corrected chi connectivity index (χ3v) is 5.41. The van der Waals surface area contributed by atoms with Crippen LogP contribution in [0.15, 0.2) is 0 Å². The lowest BCUT2D eigenvalue weighted by atomic mass is 9.81. The zero-order valence-corrected chi connectivity index (χ0v) is 19.3. The topological polar surface area (TPSA) is 111 Å². The van der Waals surface area contributed by atoms with Crippen molar-refractivity contribution < 1.29 is 33.4 Å². The fourth-order valence-corrected chi connectivity index (χ4v) is 4.08. The van der Waals surface area contributed by atoms with Gasteiger partial charge in [-0.25, -0.2) is 9.59 Å². The van der Waals surface area contributed by atoms with E-state index >= 15 is 0 Å². The molecule has 30 heavy (non-hydrogen) atoms. The molecular weight excluding hydrogens is 392 g/mol. The van der Waals surface area contributed by atoms with Crippen molar-refractivity contribution in [2.75, 3.05) is 14.2 Å². The zero-order valence-electron chi connectivity index (χ0n) is 19.3. The first kappa shape index (κ1) is 25.9. The summed E-state index contributed by atoms with van der Waals surface area (Å²) in [5.41, 5.74) is -1.71. The molecular formula is C21H36N2O7. The first-order chi connectivity index (χ1) is 13.8. The van der Waals surface area contributed by atoms with Crippen LogP contribution in [0.25, 0.3) is 0 Å². The minimum Gasteiger partial charge on any atom is -0.467 e. The molecule has 0 unspecified atom stereocenters. The maximum Gasteiger partial charge on any atom is 0.411 e. The number of esters is 1. The summed E-state index contributed by atoms with van der Waals surface area (Å²) in [5.74, 6) is -1.70. The number of hydrogen-bond donors (Lipinski definition) is 1. The highest BCUT2D eigenvalue weighted by Gasteiger charge is 2.56. The summed E-state index contributed by atoms with van der Waals surface area (Å²) in [4.78, 5) is 51.0. The third kappa shape index (κ3) is 5.93. The van der Waals surface area contributed by atoms with Gasteiger partial charge in [0.05, 0.1) is 24.8 Å². The molecule has 1 saturated heterocycles. The van der Waals surface area contributed by atoms with Gasteiger partial charge in [0.2, 0.25) is 5.91 Å². The van der Waals surface area contributed by atoms with Crippen molar-refractivity contribution in [2.24, 2.45) is 5.92 Å². The van der Waals surface area contributed by atoms with Crippen molar-refractivity contribution in [1.82, 2.24) is 10.2 Å². The lowest BCUT2D eigenvalue weighted by Gasteiger charge is -2.44. The van der Waals surface area contributed by atoms with Gasteiger partial charge in [-0.2, -0.15) is 0 Å². The molecule has 0 aliphatic carbocycles. The normalized spacial score (nSPS) is 24.5. The number of aldehydes is 1. The minimum absolute atomic E-state index is 0.0715. The van der Waals surface area contributed by atoms with Crippen LogP contribution in [0.1, 0.15) is 60.8 Å². The van der Waals surface area contributed by atoms with Crippen LogP contribution in [0.4, 0.5) is 4.79 Å². The van der Waals surface area contributed by atoms with Crippen molar-refractivity contribution in [2.45, 2.75) is 90.1 Å². The smallest absolute Gasteiger partial charge is 0.411 e. The number of carbonyl (C=O) groups excluding carboxylic acids is 4. The molecule has 9 heteroatoms. The molecule has 1 aliphatic rings. The van der Waals surface area contributed by atoms with Gasteiger partial charge in [0.25, 0.3) is 0 Å². The quantitative estimate of drug-likeness (QED) is 0.465. The lowest BCUT2D eigenvalue weighted by Crippen LogP contribution is -2.64. The van der Waals surface area contributed by atoms with E-state index in [-0.39, 0.29) is 12.3 Å². The van der Waals surface area contributed by atoms with Gasteiger partial charge in [-0.05, 0) is 40.5 Å². The van der Waals surface area contributed by atoms with Crippen LogP contribution in [0, 0.1) is 5.92 Å². The molecule has 0 aromatic rings. The Morgan fingerprint density at radius 1 is 1.20 bits per heavy atom. The van der Waals surface area contributed by atoms with Crippen LogP contribution in [0.5, 0.6) is 0 Å². The van der Waals surface area contributed by atoms with E-state index in [0.29, 0.717) is 12.7 Å². The second kappa shape index (κ2) is 10.2. The number of likely N-dealkylation sites (tertiary alicyclic amines) is 1. The van der Waals surface area contributed by atoms with Crippen molar-refractivity contribution >= 4 is 24.3 Å². The predicted molar refractivity (Wildman–Crippen MR) is 110 cm³/mol. The highest BCUT2D eigenvalue weighted by Crippen LogP contribution is 2.38. The van der Waals surface area contributed by atoms with Crippen LogP contribution < -0.4 is 5.32 Å². The maximum absolute atomic E-state index is 13.2. The Kier molecular flexibility index (Phi) is 8.83. The highest BCUT2D eigenvalue weighted by atomic mass is 16.6. The van der Waals surface area contributed by atoms with Crippen molar-refractivity contribution in [3.8, 4) is 0 Å². The average Bonchev–Trinajstić information content (AvgIpc) is 3.03. The number of nitrogens with zero attached hydrogens (tertiary/aromatic N) is 1. The molecule has 5 atom stereocenters. The van der Waals surface area contributed by atoms with Crippen molar-refractivity contribution in [3.63, 3.8) is 0 Å². The molecule has 9 nitrogen and oxygen atoms in total. The van der Waals surface area contributed by atoms with E-state index in [1.807, 2.05) is 13.8 Å². The zero-order chi connectivity index (χ0) is 23.3. The number of rotatable bonds is 8. The summed E-state index contributed by atoms with van der Waals surface area (Å²) in [6.45, 7) is 10.3. The molecule has 0 saturated carbocycles. The second-order valence-corrected chi connectivity index (χ2v) is 8.90. The van der Waals surface area contributed by atoms with E-state index in [2.05, 4.69) is 5.32 Å². The molecule has 0 bridgehead atoms. The van der Waals surface area contributed by atoms with Gasteiger partial charge >= 0.3 is 12.1 Å². The molecule has 0 aromatic heterocycles. The van der Waals surface area contributed by atoms with E-state index in [0.717, 1.165) is 6.42 Å². The predicted octanol–water partition coefficient (Wildman–Crippen LogP) is 2.06. The van der Waals surface area contributed by atoms with Gasteiger partial charge < -0.3 is 24.3 Å². The van der Waals surface area contributed by atoms with E-state index < -0.39 is 47.3 Å². The SMILES string of the molecule is CCC[C@](C)(OC)[C@H](NC(C)=O)[C@H]1[C@H](C=O)C[C@@H](C(=O)OC)N1C(=O)OC(C)(C)C. The Hall–Kier alpha value is -2.16. The van der Waals surface area contributed by atoms with Gasteiger partial charge in [-0.1, -0.05) is 13.3 Å². The summed E-state index contributed by atoms with van der Waals surface area (Å²) < 4.78 is 16.2. The Balaban J connectivity index is 3.59. The summed E-state index contributed by atoms with van der Waals surface area (Å²) in [5, 5.41) is 2.86. The van der Waals surface area contributed by atoms with Gasteiger partial charge in [0.15, 0.2) is 0 Å². The number of carbonyl (C=O) groups is 4. The summed E-state index contributed by atoms with van der Waals surface area (Å²) in [7, 11) is 2.74. The molecule has 1 aliphatic heterocycles. The maximum atomic E-state index is 13.2. The molecule has 0 radical (unpaired) electrons. The van der Waals surface area contributed by atoms with Crippen LogP contribution in [0.3, 0.4) is 0 Å². The molecule has 1 N–H and O–H groups in total. The number of methoxy groups -OCH3 is 2. The standard InChI is InChI=1S/C21H36N2O7/c1-9-10-21(6,29-8)17(22-13(2)25)16-14(12-24)11-15(18(26)28-7)23(16)19(27)30-20(3,4)5/h12,14-17H,9-11H2,1-8H3,(H,22,25)/t14-,15-,16+,17+,21-/m0/s1. The Bertz CT molecular complexity index is 646. The van der Waals surface area contributed by atoms with E-state index in [4.69, 9.17) is 14.2 Å². The number of nitrogens with one attached hydrogen (secondary N) is 1. The van der Waals surface area contributed by atoms with Gasteiger partial charge in [-0.15, -0.1) is 0 Å². The van der Waals surface area contributed by atoms with Crippen LogP contribution >= 0.6 is 0 Å². The number of hydrogen-bond acceptors (Lipinski definition) is 7. The molecule has 172 valence electrons. The van der Waals surface area contributed by atoms with Gasteiger partial charge in [-0.3, -0.25) is 9.69 Å². The van der Waals surface area contributed by atoms with Crippen LogP contribution in [0.2, 0.25) is 0 Å².